The summed E-state index contributed by atoms with van der Waals surface area (Å²) in [5, 5.41) is 0. The van der Waals surface area contributed by atoms with E-state index in [0.717, 1.165) is 60.2 Å². The van der Waals surface area contributed by atoms with Gasteiger partial charge < -0.3 is 9.15 Å². The largest absolute Gasteiger partial charge is 0.437 e. The number of oxazole rings is 1. The molecule has 0 unspecified atom stereocenters. The van der Waals surface area contributed by atoms with Crippen molar-refractivity contribution >= 4 is 5.97 Å². The Morgan fingerprint density at radius 1 is 0.973 bits per heavy atom. The molecule has 1 saturated carbocycles. The van der Waals surface area contributed by atoms with Gasteiger partial charge in [0.1, 0.15) is 11.3 Å². The van der Waals surface area contributed by atoms with E-state index < -0.39 is 11.6 Å². The molecule has 1 aliphatic carbocycles. The van der Waals surface area contributed by atoms with Gasteiger partial charge in [0.15, 0.2) is 11.5 Å². The zero-order valence-corrected chi connectivity index (χ0v) is 21.2. The molecule has 190 valence electrons. The third-order valence-electron chi connectivity index (χ3n) is 7.08. The van der Waals surface area contributed by atoms with E-state index in [1.807, 2.05) is 60.7 Å². The molecule has 1 aromatic heterocycles. The summed E-state index contributed by atoms with van der Waals surface area (Å²) in [5.74, 6) is 1.49. The Morgan fingerprint density at radius 3 is 2.41 bits per heavy atom. The fourth-order valence-electron chi connectivity index (χ4n) is 5.31. The van der Waals surface area contributed by atoms with Gasteiger partial charge in [-0.3, -0.25) is 9.78 Å². The summed E-state index contributed by atoms with van der Waals surface area (Å²) in [6.45, 7) is 1.31. The Kier molecular flexibility index (Phi) is 7.37. The Bertz CT molecular complexity index is 1280. The first-order chi connectivity index (χ1) is 18.1. The van der Waals surface area contributed by atoms with Crippen LogP contribution in [0.25, 0.3) is 22.6 Å². The second kappa shape index (κ2) is 11.0. The lowest BCUT2D eigenvalue weighted by Gasteiger charge is -2.40. The van der Waals surface area contributed by atoms with Gasteiger partial charge >= 0.3 is 5.97 Å². The lowest BCUT2D eigenvalue weighted by atomic mass is 9.72. The first-order valence-electron chi connectivity index (χ1n) is 12.7. The summed E-state index contributed by atoms with van der Waals surface area (Å²) in [6, 6.07) is 27.9. The van der Waals surface area contributed by atoms with E-state index in [4.69, 9.17) is 23.9 Å². The van der Waals surface area contributed by atoms with E-state index in [2.05, 4.69) is 18.2 Å². The van der Waals surface area contributed by atoms with E-state index in [0.29, 0.717) is 11.6 Å². The molecule has 4 aromatic rings. The van der Waals surface area contributed by atoms with Gasteiger partial charge in [-0.05, 0) is 37.0 Å². The fraction of sp³-hybridized carbons (Fsp3) is 0.290. The Hall–Kier alpha value is -3.90. The average Bonchev–Trinajstić information content (AvgIpc) is 3.40. The molecule has 0 N–H and O–H groups in total. The van der Waals surface area contributed by atoms with Gasteiger partial charge in [-0.15, -0.1) is 0 Å². The number of aromatic nitrogens is 1. The number of benzene rings is 3. The summed E-state index contributed by atoms with van der Waals surface area (Å²) in [5.41, 5.74) is 3.21. The van der Waals surface area contributed by atoms with Crippen LogP contribution in [0.15, 0.2) is 89.3 Å². The number of nitrogens with zero attached hydrogens (tertiary/aromatic N) is 1. The van der Waals surface area contributed by atoms with Crippen molar-refractivity contribution in [3.63, 3.8) is 0 Å². The van der Waals surface area contributed by atoms with Crippen LogP contribution < -0.4 is 4.89 Å². The Labute approximate surface area is 217 Å². The van der Waals surface area contributed by atoms with Gasteiger partial charge in [0, 0.05) is 31.1 Å². The first kappa shape index (κ1) is 24.8. The number of hydrogen-bond donors (Lipinski definition) is 0. The van der Waals surface area contributed by atoms with Gasteiger partial charge in [-0.25, -0.2) is 9.78 Å². The Balaban J connectivity index is 1.53. The number of carbonyl (C=O) groups excluding carboxylic acids is 1. The molecule has 5 rings (SSSR count). The van der Waals surface area contributed by atoms with Crippen LogP contribution in [-0.2, 0) is 26.4 Å². The van der Waals surface area contributed by atoms with E-state index in [1.165, 1.54) is 6.92 Å². The molecule has 1 aliphatic rings. The van der Waals surface area contributed by atoms with Crippen molar-refractivity contribution in [2.24, 2.45) is 5.92 Å². The van der Waals surface area contributed by atoms with Crippen LogP contribution in [0, 0.1) is 5.92 Å². The number of methoxy groups -OCH3 is 1. The first-order valence-corrected chi connectivity index (χ1v) is 12.7. The van der Waals surface area contributed by atoms with Crippen molar-refractivity contribution in [1.29, 1.82) is 0 Å². The van der Waals surface area contributed by atoms with Crippen molar-refractivity contribution in [2.75, 3.05) is 7.11 Å². The molecule has 0 aliphatic heterocycles. The van der Waals surface area contributed by atoms with E-state index in [9.17, 15) is 4.79 Å². The van der Waals surface area contributed by atoms with Crippen molar-refractivity contribution in [1.82, 2.24) is 4.98 Å². The lowest BCUT2D eigenvalue weighted by Crippen LogP contribution is -2.41. The monoisotopic (exact) mass is 497 g/mol. The third kappa shape index (κ3) is 5.30. The maximum absolute atomic E-state index is 11.2. The minimum Gasteiger partial charge on any atom is -0.437 e. The zero-order chi connectivity index (χ0) is 25.7. The van der Waals surface area contributed by atoms with Gasteiger partial charge in [-0.2, -0.15) is 0 Å². The molecular weight excluding hydrogens is 466 g/mol. The topological polar surface area (TPSA) is 70.8 Å². The third-order valence-corrected chi connectivity index (χ3v) is 7.08. The van der Waals surface area contributed by atoms with Gasteiger partial charge in [-0.1, -0.05) is 85.6 Å². The summed E-state index contributed by atoms with van der Waals surface area (Å²) < 4.78 is 13.0. The molecule has 0 saturated heterocycles. The maximum atomic E-state index is 11.2. The highest BCUT2D eigenvalue weighted by Gasteiger charge is 2.47. The summed E-state index contributed by atoms with van der Waals surface area (Å²) in [6.07, 6.45) is 4.68. The zero-order valence-electron chi connectivity index (χ0n) is 21.2. The molecule has 0 radical (unpaired) electrons. The molecule has 6 heteroatoms. The van der Waals surface area contributed by atoms with Crippen molar-refractivity contribution in [2.45, 2.75) is 44.6 Å². The van der Waals surface area contributed by atoms with E-state index >= 15 is 0 Å². The molecule has 0 spiro atoms. The van der Waals surface area contributed by atoms with Crippen molar-refractivity contribution in [3.05, 3.63) is 96.4 Å². The van der Waals surface area contributed by atoms with Crippen LogP contribution in [0.3, 0.4) is 0 Å². The SMILES string of the molecule is CO[C@@]1(c2nc(-c3ccccc3)c(-c3ccccc3)o2)CCCC[C@H]1Cc1cccc(OOC(C)=O)c1. The molecule has 1 heterocycles. The molecular formula is C31H31NO5. The standard InChI is InChI=1S/C31H31NO5/c1-22(33)36-37-27-18-11-12-23(21-27)20-26-17-9-10-19-31(26,34-2)30-32-28(24-13-5-3-6-14-24)29(35-30)25-15-7-4-8-16-25/h3-8,11-16,18,21,26H,9-10,17,19-20H2,1-2H3/t26-,31-/m0/s1. The normalized spacial score (nSPS) is 19.4. The van der Waals surface area contributed by atoms with E-state index in [1.54, 1.807) is 13.2 Å². The van der Waals surface area contributed by atoms with Gasteiger partial charge in [0.05, 0.1) is 0 Å². The van der Waals surface area contributed by atoms with Crippen molar-refractivity contribution in [3.8, 4) is 28.3 Å². The second-order valence-corrected chi connectivity index (χ2v) is 9.47. The van der Waals surface area contributed by atoms with Gasteiger partial charge in [0.2, 0.25) is 5.89 Å². The van der Waals surface area contributed by atoms with Crippen LogP contribution in [0.5, 0.6) is 5.75 Å². The average molecular weight is 498 g/mol. The molecule has 0 bridgehead atoms. The fourth-order valence-corrected chi connectivity index (χ4v) is 5.31. The predicted molar refractivity (Wildman–Crippen MR) is 141 cm³/mol. The highest BCUT2D eigenvalue weighted by atomic mass is 17.2. The molecule has 2 atom stereocenters. The number of hydrogen-bond acceptors (Lipinski definition) is 6. The Morgan fingerprint density at radius 2 is 1.70 bits per heavy atom. The van der Waals surface area contributed by atoms with Crippen molar-refractivity contribution < 1.29 is 23.7 Å². The smallest absolute Gasteiger partial charge is 0.352 e. The number of ether oxygens (including phenoxy) is 1. The van der Waals surface area contributed by atoms with Crippen LogP contribution in [-0.4, -0.2) is 18.1 Å². The number of rotatable bonds is 8. The second-order valence-electron chi connectivity index (χ2n) is 9.47. The molecule has 6 nitrogen and oxygen atoms in total. The number of carbonyl (C=O) groups is 1. The molecule has 37 heavy (non-hydrogen) atoms. The minimum atomic E-state index is -0.665. The quantitative estimate of drug-likeness (QED) is 0.190. The molecule has 0 amide bonds. The molecule has 3 aromatic carbocycles. The minimum absolute atomic E-state index is 0.140. The van der Waals surface area contributed by atoms with Crippen LogP contribution >= 0.6 is 0 Å². The van der Waals surface area contributed by atoms with Crippen LogP contribution in [0.2, 0.25) is 0 Å². The highest BCUT2D eigenvalue weighted by molar-refractivity contribution is 5.76. The summed E-state index contributed by atoms with van der Waals surface area (Å²) in [7, 11) is 1.76. The molecule has 1 fully saturated rings. The van der Waals surface area contributed by atoms with E-state index in [-0.39, 0.29) is 5.92 Å². The predicted octanol–water partition coefficient (Wildman–Crippen LogP) is 7.14. The van der Waals surface area contributed by atoms with Gasteiger partial charge in [0.25, 0.3) is 0 Å². The summed E-state index contributed by atoms with van der Waals surface area (Å²) >= 11 is 0. The summed E-state index contributed by atoms with van der Waals surface area (Å²) in [4.78, 5) is 26.1. The highest BCUT2D eigenvalue weighted by Crippen LogP contribution is 2.48. The maximum Gasteiger partial charge on any atom is 0.352 e. The lowest BCUT2D eigenvalue weighted by molar-refractivity contribution is -0.210. The van der Waals surface area contributed by atoms with Crippen LogP contribution in [0.1, 0.15) is 44.1 Å². The van der Waals surface area contributed by atoms with Crippen LogP contribution in [0.4, 0.5) is 0 Å².